The highest BCUT2D eigenvalue weighted by atomic mass is 32.1. The fourth-order valence-corrected chi connectivity index (χ4v) is 9.12. The number of aliphatic hydroxyl groups is 1. The summed E-state index contributed by atoms with van der Waals surface area (Å²) in [6, 6.07) is 14.0. The number of fused-ring (bicyclic) bond motifs is 1. The summed E-state index contributed by atoms with van der Waals surface area (Å²) >= 11 is 1.57. The van der Waals surface area contributed by atoms with E-state index in [1.807, 2.05) is 69.6 Å². The molecule has 2 fully saturated rings. The van der Waals surface area contributed by atoms with Crippen LogP contribution in [-0.2, 0) is 38.3 Å². The van der Waals surface area contributed by atoms with E-state index in [0.717, 1.165) is 45.0 Å². The Morgan fingerprint density at radius 3 is 2.36 bits per heavy atom. The number of nitrogens with zero attached hydrogens (tertiary/aromatic N) is 7. The average Bonchev–Trinajstić information content (AvgIpc) is 4.02. The minimum absolute atomic E-state index is 0.0172. The smallest absolute Gasteiger partial charge is 0.453 e. The van der Waals surface area contributed by atoms with Crippen LogP contribution in [-0.4, -0.2) is 116 Å². The van der Waals surface area contributed by atoms with E-state index < -0.39 is 47.4 Å². The lowest BCUT2D eigenvalue weighted by molar-refractivity contribution is -0.147. The van der Waals surface area contributed by atoms with Crippen LogP contribution in [0.25, 0.3) is 10.4 Å². The van der Waals surface area contributed by atoms with Crippen molar-refractivity contribution in [3.63, 3.8) is 0 Å². The van der Waals surface area contributed by atoms with Gasteiger partial charge in [-0.15, -0.1) is 21.5 Å². The number of halogens is 3. The number of nitrogens with one attached hydrogen (secondary N) is 2. The second-order valence-electron chi connectivity index (χ2n) is 17.6. The van der Waals surface area contributed by atoms with Gasteiger partial charge in [-0.1, -0.05) is 57.2 Å². The molecule has 0 spiro atoms. The summed E-state index contributed by atoms with van der Waals surface area (Å²) in [6.07, 6.45) is -1.48. The maximum absolute atomic E-state index is 14.0. The lowest BCUT2D eigenvalue weighted by atomic mass is 9.85. The number of amidine groups is 1. The van der Waals surface area contributed by atoms with Gasteiger partial charge in [-0.2, -0.15) is 22.9 Å². The summed E-state index contributed by atoms with van der Waals surface area (Å²) in [7, 11) is 0. The molecule has 3 amide bonds. The number of aryl methyl sites for hydroxylation is 2. The van der Waals surface area contributed by atoms with Gasteiger partial charge in [0.2, 0.25) is 17.7 Å². The predicted octanol–water partition coefficient (Wildman–Crippen LogP) is 5.70. The first kappa shape index (κ1) is 46.6. The van der Waals surface area contributed by atoms with E-state index in [2.05, 4.69) is 47.9 Å². The van der Waals surface area contributed by atoms with E-state index in [9.17, 15) is 32.7 Å². The average molecular weight is 908 g/mol. The highest BCUT2D eigenvalue weighted by Crippen LogP contribution is 2.33. The first-order valence-corrected chi connectivity index (χ1v) is 22.6. The van der Waals surface area contributed by atoms with Crippen LogP contribution in [0.5, 0.6) is 5.75 Å². The summed E-state index contributed by atoms with van der Waals surface area (Å²) in [4.78, 5) is 49.2. The second kappa shape index (κ2) is 20.2. The Labute approximate surface area is 374 Å². The first-order chi connectivity index (χ1) is 30.5. The number of aliphatic hydroxyl groups excluding tert-OH is 1. The Bertz CT molecular complexity index is 2270. The van der Waals surface area contributed by atoms with Crippen molar-refractivity contribution in [2.75, 3.05) is 39.5 Å². The third kappa shape index (κ3) is 11.5. The topological polar surface area (TPSA) is 176 Å². The predicted molar refractivity (Wildman–Crippen MR) is 233 cm³/mol. The summed E-state index contributed by atoms with van der Waals surface area (Å²) in [5.41, 5.74) is 5.19. The lowest BCUT2D eigenvalue weighted by Gasteiger charge is -2.35. The molecule has 7 rings (SSSR count). The van der Waals surface area contributed by atoms with E-state index in [1.165, 1.54) is 10.5 Å². The number of aromatic nitrogens is 4. The Morgan fingerprint density at radius 2 is 1.69 bits per heavy atom. The zero-order valence-electron chi connectivity index (χ0n) is 36.6. The third-order valence-corrected chi connectivity index (χ3v) is 12.8. The molecular formula is C45H56F3N9O6S. The van der Waals surface area contributed by atoms with Crippen LogP contribution in [0.15, 0.2) is 59.1 Å². The van der Waals surface area contributed by atoms with E-state index in [0.29, 0.717) is 63.7 Å². The molecule has 64 heavy (non-hydrogen) atoms. The van der Waals surface area contributed by atoms with Crippen LogP contribution in [0.3, 0.4) is 0 Å². The van der Waals surface area contributed by atoms with Gasteiger partial charge in [0.25, 0.3) is 5.82 Å². The number of amides is 3. The normalized spacial score (nSPS) is 18.7. The molecule has 0 bridgehead atoms. The second-order valence-corrected chi connectivity index (χ2v) is 18.5. The van der Waals surface area contributed by atoms with Gasteiger partial charge in [-0.3, -0.25) is 14.4 Å². The van der Waals surface area contributed by atoms with Crippen LogP contribution < -0.4 is 15.4 Å². The molecule has 2 saturated heterocycles. The molecule has 344 valence electrons. The van der Waals surface area contributed by atoms with Crippen LogP contribution in [0, 0.1) is 12.3 Å². The minimum Gasteiger partial charge on any atom is -0.494 e. The van der Waals surface area contributed by atoms with Gasteiger partial charge < -0.3 is 35.0 Å². The number of β-amino-alcohol motifs (C(OH)–C–C–N with tert-alkyl or cyclic N) is 1. The fourth-order valence-electron chi connectivity index (χ4n) is 8.31. The van der Waals surface area contributed by atoms with Gasteiger partial charge in [-0.05, 0) is 72.8 Å². The van der Waals surface area contributed by atoms with Gasteiger partial charge in [0, 0.05) is 52.0 Å². The third-order valence-electron chi connectivity index (χ3n) is 11.9. The molecule has 2 aromatic heterocycles. The summed E-state index contributed by atoms with van der Waals surface area (Å²) in [6.45, 7) is 9.60. The number of carbonyl (C=O) groups excluding carboxylic acids is 3. The molecule has 3 unspecified atom stereocenters. The van der Waals surface area contributed by atoms with Crippen LogP contribution in [0.4, 0.5) is 13.2 Å². The van der Waals surface area contributed by atoms with Crippen LogP contribution in [0.1, 0.15) is 93.7 Å². The van der Waals surface area contributed by atoms with Gasteiger partial charge in [0.1, 0.15) is 30.3 Å². The number of carbonyl (C=O) groups is 3. The van der Waals surface area contributed by atoms with Crippen molar-refractivity contribution in [3.8, 4) is 16.2 Å². The van der Waals surface area contributed by atoms with Gasteiger partial charge in [0.15, 0.2) is 5.82 Å². The maximum Gasteiger partial charge on any atom is 0.453 e. The van der Waals surface area contributed by atoms with Crippen LogP contribution >= 0.6 is 11.3 Å². The van der Waals surface area contributed by atoms with E-state index in [4.69, 9.17) is 9.47 Å². The van der Waals surface area contributed by atoms with Crippen molar-refractivity contribution in [1.82, 2.24) is 40.3 Å². The highest BCUT2D eigenvalue weighted by Gasteiger charge is 2.45. The molecule has 0 aliphatic carbocycles. The standard InChI is InChI=1S/C45H56F3N9O6S/c1-28-39(64-27-50-28)32-9-7-29(8-10-32)24-49-41(60)35-23-33(58)25-56(35)42(61)40(44(2,3)4)51-38(59)26-62-21-5-6-22-63-34-13-11-30(12-14-34)31-17-19-55(20-18-31)37-16-15-36-52-53-43(45(46,47)48)57(36)54-37/h7-14,27,31,33,35,40,58H,5-6,15-26H2,1-4H3,(H,49,60)(H,51,59). The maximum atomic E-state index is 14.0. The number of rotatable bonds is 15. The summed E-state index contributed by atoms with van der Waals surface area (Å²) in [5.74, 6) is -0.465. The molecule has 15 nitrogen and oxygen atoms in total. The van der Waals surface area contributed by atoms with Gasteiger partial charge in [0.05, 0.1) is 28.8 Å². The molecule has 3 atom stereocenters. The molecule has 4 aromatic rings. The number of benzene rings is 2. The number of unbranched alkanes of at least 4 members (excludes halogenated alkanes) is 1. The number of piperidine rings is 1. The number of alkyl halides is 3. The lowest BCUT2D eigenvalue weighted by Crippen LogP contribution is -2.58. The zero-order valence-corrected chi connectivity index (χ0v) is 37.4. The van der Waals surface area contributed by atoms with Crippen molar-refractivity contribution < 1.29 is 42.1 Å². The van der Waals surface area contributed by atoms with Gasteiger partial charge in [-0.25, -0.2) is 4.98 Å². The molecule has 2 aromatic carbocycles. The van der Waals surface area contributed by atoms with Crippen molar-refractivity contribution in [3.05, 3.63) is 82.5 Å². The Kier molecular flexibility index (Phi) is 14.7. The van der Waals surface area contributed by atoms with Gasteiger partial charge >= 0.3 is 6.18 Å². The molecule has 19 heteroatoms. The fraction of sp³-hybridized carbons (Fsp3) is 0.533. The largest absolute Gasteiger partial charge is 0.494 e. The number of likely N-dealkylation sites (tertiary alicyclic amines) is 2. The number of thiazole rings is 1. The minimum atomic E-state index is -4.62. The van der Waals surface area contributed by atoms with E-state index in [1.54, 1.807) is 11.3 Å². The Hall–Kier alpha value is -5.40. The highest BCUT2D eigenvalue weighted by molar-refractivity contribution is 7.13. The number of hydrogen-bond donors (Lipinski definition) is 3. The molecule has 3 aliphatic heterocycles. The molecule has 3 aliphatic rings. The first-order valence-electron chi connectivity index (χ1n) is 21.7. The Balaban J connectivity index is 0.795. The molecule has 3 N–H and O–H groups in total. The number of ether oxygens (including phenoxy) is 2. The number of hydrogen-bond acceptors (Lipinski definition) is 12. The van der Waals surface area contributed by atoms with E-state index >= 15 is 0 Å². The zero-order chi connectivity index (χ0) is 45.6. The molecular weight excluding hydrogens is 852 g/mol. The van der Waals surface area contributed by atoms with Crippen molar-refractivity contribution in [2.45, 2.75) is 109 Å². The van der Waals surface area contributed by atoms with Crippen molar-refractivity contribution in [2.24, 2.45) is 10.5 Å². The SMILES string of the molecule is Cc1ncsc1-c1ccc(CNC(=O)C2CC(O)CN2C(=O)C(NC(=O)COCCCCOc2ccc(C3CCN(C4=Nn5c(nnc5C(F)(F)F)CC4)CC3)cc2)C(C)(C)C)cc1. The summed E-state index contributed by atoms with van der Waals surface area (Å²) in [5, 5.41) is 27.5. The van der Waals surface area contributed by atoms with Crippen LogP contribution in [0.2, 0.25) is 0 Å². The molecule has 5 heterocycles. The Morgan fingerprint density at radius 1 is 0.969 bits per heavy atom. The summed E-state index contributed by atoms with van der Waals surface area (Å²) < 4.78 is 52.5. The quantitative estimate of drug-likeness (QED) is 0.126. The molecule has 0 radical (unpaired) electrons. The monoisotopic (exact) mass is 907 g/mol. The van der Waals surface area contributed by atoms with Crippen molar-refractivity contribution in [1.29, 1.82) is 0 Å². The van der Waals surface area contributed by atoms with Crippen molar-refractivity contribution >= 4 is 34.9 Å². The molecule has 0 saturated carbocycles. The van der Waals surface area contributed by atoms with E-state index in [-0.39, 0.29) is 37.8 Å².